The lowest BCUT2D eigenvalue weighted by Crippen LogP contribution is -2.48. The molecule has 0 spiro atoms. The lowest BCUT2D eigenvalue weighted by molar-refractivity contribution is 0.247. The molecule has 2 unspecified atom stereocenters. The van der Waals surface area contributed by atoms with E-state index in [1.165, 1.54) is 0 Å². The van der Waals surface area contributed by atoms with Gasteiger partial charge in [0.15, 0.2) is 0 Å². The highest BCUT2D eigenvalue weighted by atomic mass is 79.9. The summed E-state index contributed by atoms with van der Waals surface area (Å²) in [6.07, 6.45) is 1.43. The molecule has 0 bridgehead atoms. The summed E-state index contributed by atoms with van der Waals surface area (Å²) in [7, 11) is -3.45. The maximum Gasteiger partial charge on any atom is 0.244 e. The molecule has 1 saturated heterocycles. The van der Waals surface area contributed by atoms with Crippen molar-refractivity contribution in [2.45, 2.75) is 43.7 Å². The number of nitrogens with two attached hydrogens (primary N) is 1. The van der Waals surface area contributed by atoms with E-state index in [0.717, 1.165) is 5.56 Å². The largest absolute Gasteiger partial charge is 0.328 e. The van der Waals surface area contributed by atoms with E-state index in [0.29, 0.717) is 28.8 Å². The fraction of sp³-hybridized carbons (Fsp3) is 0.538. The third-order valence-electron chi connectivity index (χ3n) is 3.53. The molecule has 19 heavy (non-hydrogen) atoms. The topological polar surface area (TPSA) is 63.4 Å². The first-order valence-corrected chi connectivity index (χ1v) is 8.59. The molecule has 1 aliphatic heterocycles. The summed E-state index contributed by atoms with van der Waals surface area (Å²) in [6, 6.07) is 5.35. The Labute approximate surface area is 123 Å². The van der Waals surface area contributed by atoms with E-state index in [2.05, 4.69) is 15.9 Å². The summed E-state index contributed by atoms with van der Waals surface area (Å²) < 4.78 is 27.6. The zero-order valence-electron chi connectivity index (χ0n) is 11.1. The van der Waals surface area contributed by atoms with Crippen molar-refractivity contribution in [1.82, 2.24) is 4.31 Å². The third-order valence-corrected chi connectivity index (χ3v) is 6.52. The quantitative estimate of drug-likeness (QED) is 0.893. The number of rotatable bonds is 2. The van der Waals surface area contributed by atoms with Gasteiger partial charge in [0, 0.05) is 23.1 Å². The first-order chi connectivity index (χ1) is 8.82. The molecule has 2 rings (SSSR count). The average molecular weight is 347 g/mol. The van der Waals surface area contributed by atoms with Crippen molar-refractivity contribution in [3.63, 3.8) is 0 Å². The van der Waals surface area contributed by atoms with Crippen LogP contribution in [0.1, 0.15) is 25.3 Å². The summed E-state index contributed by atoms with van der Waals surface area (Å²) in [5, 5.41) is 0. The normalized spacial score (nSPS) is 25.5. The van der Waals surface area contributed by atoms with Gasteiger partial charge in [0.1, 0.15) is 0 Å². The van der Waals surface area contributed by atoms with Gasteiger partial charge in [0.05, 0.1) is 4.90 Å². The highest BCUT2D eigenvalue weighted by Crippen LogP contribution is 2.29. The van der Waals surface area contributed by atoms with Crippen LogP contribution < -0.4 is 5.73 Å². The number of hydrogen-bond acceptors (Lipinski definition) is 3. The SMILES string of the molecule is Cc1ccc(S(=O)(=O)N2CCC(N)CC2C)c(Br)c1. The molecule has 4 nitrogen and oxygen atoms in total. The fourth-order valence-corrected chi connectivity index (χ4v) is 5.30. The van der Waals surface area contributed by atoms with E-state index in [9.17, 15) is 8.42 Å². The van der Waals surface area contributed by atoms with Gasteiger partial charge in [0.2, 0.25) is 10.0 Å². The monoisotopic (exact) mass is 346 g/mol. The van der Waals surface area contributed by atoms with E-state index in [-0.39, 0.29) is 12.1 Å². The minimum Gasteiger partial charge on any atom is -0.328 e. The number of sulfonamides is 1. The molecule has 1 aromatic carbocycles. The molecule has 6 heteroatoms. The maximum atomic E-state index is 12.7. The Hall–Kier alpha value is -0.430. The molecule has 1 fully saturated rings. The Morgan fingerprint density at radius 3 is 2.68 bits per heavy atom. The van der Waals surface area contributed by atoms with Crippen LogP contribution in [-0.4, -0.2) is 31.4 Å². The Balaban J connectivity index is 2.37. The van der Waals surface area contributed by atoms with Crippen LogP contribution in [0.15, 0.2) is 27.6 Å². The number of nitrogens with zero attached hydrogens (tertiary/aromatic N) is 1. The van der Waals surface area contributed by atoms with Crippen molar-refractivity contribution in [2.75, 3.05) is 6.54 Å². The zero-order chi connectivity index (χ0) is 14.2. The molecule has 1 aliphatic rings. The molecule has 0 amide bonds. The van der Waals surface area contributed by atoms with Crippen molar-refractivity contribution in [1.29, 1.82) is 0 Å². The molecular weight excluding hydrogens is 328 g/mol. The number of aryl methyl sites for hydroxylation is 1. The van der Waals surface area contributed by atoms with Crippen LogP contribution in [0.25, 0.3) is 0 Å². The second-order valence-electron chi connectivity index (χ2n) is 5.18. The van der Waals surface area contributed by atoms with E-state index in [4.69, 9.17) is 5.73 Å². The summed E-state index contributed by atoms with van der Waals surface area (Å²) in [5.41, 5.74) is 6.92. The summed E-state index contributed by atoms with van der Waals surface area (Å²) in [6.45, 7) is 4.34. The smallest absolute Gasteiger partial charge is 0.244 e. The van der Waals surface area contributed by atoms with Crippen LogP contribution in [0.5, 0.6) is 0 Å². The molecule has 0 saturated carbocycles. The predicted molar refractivity (Wildman–Crippen MR) is 79.4 cm³/mol. The molecule has 106 valence electrons. The fourth-order valence-electron chi connectivity index (χ4n) is 2.49. The predicted octanol–water partition coefficient (Wildman–Crippen LogP) is 2.26. The lowest BCUT2D eigenvalue weighted by Gasteiger charge is -2.35. The van der Waals surface area contributed by atoms with Crippen LogP contribution in [0.2, 0.25) is 0 Å². The second kappa shape index (κ2) is 5.52. The lowest BCUT2D eigenvalue weighted by atomic mass is 10.0. The van der Waals surface area contributed by atoms with E-state index >= 15 is 0 Å². The molecule has 1 aromatic rings. The summed E-state index contributed by atoms with van der Waals surface area (Å²) >= 11 is 3.35. The van der Waals surface area contributed by atoms with Gasteiger partial charge in [-0.15, -0.1) is 0 Å². The van der Waals surface area contributed by atoms with Crippen molar-refractivity contribution in [3.8, 4) is 0 Å². The second-order valence-corrected chi connectivity index (χ2v) is 7.90. The molecule has 2 atom stereocenters. The van der Waals surface area contributed by atoms with Gasteiger partial charge in [-0.3, -0.25) is 0 Å². The number of hydrogen-bond donors (Lipinski definition) is 1. The number of benzene rings is 1. The minimum atomic E-state index is -3.45. The highest BCUT2D eigenvalue weighted by Gasteiger charge is 2.34. The molecule has 1 heterocycles. The standard InChI is InChI=1S/C13H19BrN2O2S/c1-9-3-4-13(12(14)7-9)19(17,18)16-6-5-11(15)8-10(16)2/h3-4,7,10-11H,5-6,8,15H2,1-2H3. The minimum absolute atomic E-state index is 0.0537. The van der Waals surface area contributed by atoms with Crippen LogP contribution in [0, 0.1) is 6.92 Å². The van der Waals surface area contributed by atoms with Gasteiger partial charge in [-0.1, -0.05) is 6.07 Å². The van der Waals surface area contributed by atoms with Crippen LogP contribution in [-0.2, 0) is 10.0 Å². The van der Waals surface area contributed by atoms with Crippen LogP contribution >= 0.6 is 15.9 Å². The number of piperidine rings is 1. The van der Waals surface area contributed by atoms with Crippen molar-refractivity contribution >= 4 is 26.0 Å². The molecular formula is C13H19BrN2O2S. The molecule has 2 N–H and O–H groups in total. The molecule has 0 aliphatic carbocycles. The Morgan fingerprint density at radius 1 is 1.42 bits per heavy atom. The summed E-state index contributed by atoms with van der Waals surface area (Å²) in [4.78, 5) is 0.334. The molecule has 0 radical (unpaired) electrons. The van der Waals surface area contributed by atoms with E-state index in [1.54, 1.807) is 10.4 Å². The van der Waals surface area contributed by atoms with Crippen molar-refractivity contribution < 1.29 is 8.42 Å². The van der Waals surface area contributed by atoms with E-state index < -0.39 is 10.0 Å². The van der Waals surface area contributed by atoms with Crippen LogP contribution in [0.4, 0.5) is 0 Å². The van der Waals surface area contributed by atoms with Gasteiger partial charge in [0.25, 0.3) is 0 Å². The highest BCUT2D eigenvalue weighted by molar-refractivity contribution is 9.10. The molecule has 0 aromatic heterocycles. The number of halogens is 1. The Kier molecular flexibility index (Phi) is 4.35. The van der Waals surface area contributed by atoms with Crippen molar-refractivity contribution in [2.24, 2.45) is 5.73 Å². The summed E-state index contributed by atoms with van der Waals surface area (Å²) in [5.74, 6) is 0. The van der Waals surface area contributed by atoms with Gasteiger partial charge in [-0.2, -0.15) is 4.31 Å². The van der Waals surface area contributed by atoms with Gasteiger partial charge >= 0.3 is 0 Å². The van der Waals surface area contributed by atoms with E-state index in [1.807, 2.05) is 26.0 Å². The van der Waals surface area contributed by atoms with Gasteiger partial charge in [-0.25, -0.2) is 8.42 Å². The van der Waals surface area contributed by atoms with Gasteiger partial charge in [-0.05, 0) is 60.3 Å². The Morgan fingerprint density at radius 2 is 2.11 bits per heavy atom. The maximum absolute atomic E-state index is 12.7. The van der Waals surface area contributed by atoms with Gasteiger partial charge < -0.3 is 5.73 Å². The first kappa shape index (κ1) is 15.0. The Bertz CT molecular complexity index is 574. The average Bonchev–Trinajstić information content (AvgIpc) is 2.27. The zero-order valence-corrected chi connectivity index (χ0v) is 13.5. The third kappa shape index (κ3) is 3.02. The van der Waals surface area contributed by atoms with Crippen LogP contribution in [0.3, 0.4) is 0 Å². The van der Waals surface area contributed by atoms with Crippen molar-refractivity contribution in [3.05, 3.63) is 28.2 Å². The first-order valence-electron chi connectivity index (χ1n) is 6.36.